The third-order valence-corrected chi connectivity index (χ3v) is 1.96. The summed E-state index contributed by atoms with van der Waals surface area (Å²) in [6.45, 7) is 2.04. The molecule has 0 saturated carbocycles. The van der Waals surface area contributed by atoms with E-state index in [0.717, 1.165) is 11.1 Å². The number of nitrogens with zero attached hydrogens (tertiary/aromatic N) is 1. The molecule has 3 heteroatoms. The third-order valence-electron chi connectivity index (χ3n) is 1.96. The van der Waals surface area contributed by atoms with Crippen LogP contribution in [0.4, 0.5) is 5.88 Å². The molecular weight excluding hydrogens is 164 g/mol. The van der Waals surface area contributed by atoms with Gasteiger partial charge in [0.2, 0.25) is 5.88 Å². The molecule has 3 nitrogen and oxygen atoms in total. The van der Waals surface area contributed by atoms with Crippen LogP contribution in [0.25, 0.3) is 11.1 Å². The molecule has 0 saturated heterocycles. The van der Waals surface area contributed by atoms with Gasteiger partial charge in [0.25, 0.3) is 0 Å². The lowest BCUT2D eigenvalue weighted by Crippen LogP contribution is -1.84. The average molecular weight is 174 g/mol. The molecule has 0 aliphatic heterocycles. The smallest absolute Gasteiger partial charge is 0.229 e. The molecule has 66 valence electrons. The number of nitrogen functional groups attached to an aromatic ring is 1. The molecule has 0 aliphatic rings. The number of anilines is 1. The van der Waals surface area contributed by atoms with Crippen molar-refractivity contribution in [3.8, 4) is 11.1 Å². The summed E-state index contributed by atoms with van der Waals surface area (Å²) in [5.74, 6) is 0.365. The minimum absolute atomic E-state index is 0.365. The topological polar surface area (TPSA) is 52.0 Å². The van der Waals surface area contributed by atoms with Gasteiger partial charge in [0.15, 0.2) is 0 Å². The lowest BCUT2D eigenvalue weighted by molar-refractivity contribution is 0.436. The summed E-state index contributed by atoms with van der Waals surface area (Å²) >= 11 is 0. The molecule has 1 aromatic heterocycles. The Kier molecular flexibility index (Phi) is 1.77. The molecule has 0 spiro atoms. The van der Waals surface area contributed by atoms with Gasteiger partial charge < -0.3 is 10.3 Å². The molecule has 2 aromatic rings. The zero-order valence-corrected chi connectivity index (χ0v) is 7.32. The lowest BCUT2D eigenvalue weighted by atomic mass is 10.1. The van der Waals surface area contributed by atoms with Crippen LogP contribution in [0.3, 0.4) is 0 Å². The monoisotopic (exact) mass is 174 g/mol. The van der Waals surface area contributed by atoms with Crippen LogP contribution < -0.4 is 5.73 Å². The van der Waals surface area contributed by atoms with Crippen molar-refractivity contribution >= 4 is 5.88 Å². The molecule has 13 heavy (non-hydrogen) atoms. The normalized spacial score (nSPS) is 10.2. The minimum atomic E-state index is 0.365. The van der Waals surface area contributed by atoms with Crippen molar-refractivity contribution in [2.24, 2.45) is 0 Å². The molecule has 0 bridgehead atoms. The maximum Gasteiger partial charge on any atom is 0.229 e. The van der Waals surface area contributed by atoms with Crippen LogP contribution in [0.5, 0.6) is 0 Å². The van der Waals surface area contributed by atoms with Crippen LogP contribution in [0.2, 0.25) is 0 Å². The summed E-state index contributed by atoms with van der Waals surface area (Å²) < 4.78 is 4.78. The largest absolute Gasteiger partial charge is 0.367 e. The van der Waals surface area contributed by atoms with Gasteiger partial charge in [-0.2, -0.15) is 0 Å². The summed E-state index contributed by atoms with van der Waals surface area (Å²) in [6.07, 6.45) is 1.62. The predicted octanol–water partition coefficient (Wildman–Crippen LogP) is 2.23. The van der Waals surface area contributed by atoms with Crippen molar-refractivity contribution < 1.29 is 4.52 Å². The Balaban J connectivity index is 2.47. The molecule has 2 rings (SSSR count). The Labute approximate surface area is 76.2 Å². The molecule has 2 N–H and O–H groups in total. The van der Waals surface area contributed by atoms with Gasteiger partial charge in [-0.05, 0) is 12.5 Å². The van der Waals surface area contributed by atoms with Crippen LogP contribution >= 0.6 is 0 Å². The summed E-state index contributed by atoms with van der Waals surface area (Å²) in [4.78, 5) is 0. The van der Waals surface area contributed by atoms with Crippen molar-refractivity contribution in [2.45, 2.75) is 6.92 Å². The van der Waals surface area contributed by atoms with E-state index in [9.17, 15) is 0 Å². The van der Waals surface area contributed by atoms with Gasteiger partial charge in [-0.1, -0.05) is 35.0 Å². The first kappa shape index (κ1) is 7.86. The highest BCUT2D eigenvalue weighted by molar-refractivity contribution is 5.71. The van der Waals surface area contributed by atoms with Crippen LogP contribution in [0, 0.1) is 6.92 Å². The number of hydrogen-bond donors (Lipinski definition) is 1. The molecule has 0 aliphatic carbocycles. The highest BCUT2D eigenvalue weighted by Crippen LogP contribution is 2.24. The van der Waals surface area contributed by atoms with Gasteiger partial charge in [0.05, 0.1) is 11.8 Å². The van der Waals surface area contributed by atoms with Crippen molar-refractivity contribution in [3.63, 3.8) is 0 Å². The minimum Gasteiger partial charge on any atom is -0.367 e. The molecular formula is C10H10N2O. The number of hydrogen-bond acceptors (Lipinski definition) is 3. The number of rotatable bonds is 1. The second kappa shape index (κ2) is 2.94. The zero-order valence-electron chi connectivity index (χ0n) is 7.32. The fourth-order valence-corrected chi connectivity index (χ4v) is 1.20. The highest BCUT2D eigenvalue weighted by atomic mass is 16.5. The molecule has 0 fully saturated rings. The van der Waals surface area contributed by atoms with Gasteiger partial charge in [-0.3, -0.25) is 0 Å². The maximum atomic E-state index is 5.58. The van der Waals surface area contributed by atoms with Crippen LogP contribution in [0.15, 0.2) is 35.0 Å². The van der Waals surface area contributed by atoms with Gasteiger partial charge >= 0.3 is 0 Å². The van der Waals surface area contributed by atoms with Gasteiger partial charge in [0, 0.05) is 0 Å². The third kappa shape index (κ3) is 1.40. The Morgan fingerprint density at radius 1 is 1.23 bits per heavy atom. The summed E-state index contributed by atoms with van der Waals surface area (Å²) in [5, 5.41) is 3.62. The fourth-order valence-electron chi connectivity index (χ4n) is 1.20. The molecule has 0 atom stereocenters. The number of nitrogens with two attached hydrogens (primary N) is 1. The first-order valence-electron chi connectivity index (χ1n) is 4.04. The first-order valence-corrected chi connectivity index (χ1v) is 4.04. The standard InChI is InChI=1S/C10H10N2O/c1-7-2-4-8(5-3-7)9-6-12-13-10(9)11/h2-6H,11H2,1H3. The van der Waals surface area contributed by atoms with E-state index in [0.29, 0.717) is 5.88 Å². The van der Waals surface area contributed by atoms with E-state index in [1.54, 1.807) is 6.20 Å². The molecule has 0 radical (unpaired) electrons. The SMILES string of the molecule is Cc1ccc(-c2cnoc2N)cc1. The number of benzene rings is 1. The van der Waals surface area contributed by atoms with E-state index in [1.165, 1.54) is 5.56 Å². The van der Waals surface area contributed by atoms with E-state index in [4.69, 9.17) is 10.3 Å². The highest BCUT2D eigenvalue weighted by Gasteiger charge is 2.05. The molecule has 0 unspecified atom stereocenters. The summed E-state index contributed by atoms with van der Waals surface area (Å²) in [7, 11) is 0. The van der Waals surface area contributed by atoms with E-state index in [-0.39, 0.29) is 0 Å². The Morgan fingerprint density at radius 3 is 2.46 bits per heavy atom. The van der Waals surface area contributed by atoms with Gasteiger partial charge in [-0.25, -0.2) is 0 Å². The molecule has 0 amide bonds. The molecule has 1 heterocycles. The van der Waals surface area contributed by atoms with Gasteiger partial charge in [0.1, 0.15) is 0 Å². The fraction of sp³-hybridized carbons (Fsp3) is 0.100. The van der Waals surface area contributed by atoms with Crippen molar-refractivity contribution in [1.29, 1.82) is 0 Å². The zero-order chi connectivity index (χ0) is 9.26. The van der Waals surface area contributed by atoms with Crippen LogP contribution in [-0.4, -0.2) is 5.16 Å². The second-order valence-corrected chi connectivity index (χ2v) is 2.97. The summed E-state index contributed by atoms with van der Waals surface area (Å²) in [5.41, 5.74) is 8.68. The average Bonchev–Trinajstić information content (AvgIpc) is 2.53. The number of aryl methyl sites for hydroxylation is 1. The predicted molar refractivity (Wildman–Crippen MR) is 51.1 cm³/mol. The number of aromatic nitrogens is 1. The quantitative estimate of drug-likeness (QED) is 0.721. The van der Waals surface area contributed by atoms with Crippen molar-refractivity contribution in [3.05, 3.63) is 36.0 Å². The summed E-state index contributed by atoms with van der Waals surface area (Å²) in [6, 6.07) is 8.06. The first-order chi connectivity index (χ1) is 6.27. The van der Waals surface area contributed by atoms with Gasteiger partial charge in [-0.15, -0.1) is 0 Å². The van der Waals surface area contributed by atoms with E-state index in [2.05, 4.69) is 5.16 Å². The lowest BCUT2D eigenvalue weighted by Gasteiger charge is -1.97. The van der Waals surface area contributed by atoms with Crippen LogP contribution in [-0.2, 0) is 0 Å². The van der Waals surface area contributed by atoms with Crippen molar-refractivity contribution in [2.75, 3.05) is 5.73 Å². The van der Waals surface area contributed by atoms with Crippen LogP contribution in [0.1, 0.15) is 5.56 Å². The maximum absolute atomic E-state index is 5.58. The Morgan fingerprint density at radius 2 is 1.92 bits per heavy atom. The second-order valence-electron chi connectivity index (χ2n) is 2.97. The van der Waals surface area contributed by atoms with E-state index in [1.807, 2.05) is 31.2 Å². The Bertz CT molecular complexity index is 403. The molecule has 1 aromatic carbocycles. The van der Waals surface area contributed by atoms with E-state index < -0.39 is 0 Å². The van der Waals surface area contributed by atoms with E-state index >= 15 is 0 Å². The van der Waals surface area contributed by atoms with Crippen molar-refractivity contribution in [1.82, 2.24) is 5.16 Å². The Hall–Kier alpha value is -1.77.